The van der Waals surface area contributed by atoms with Gasteiger partial charge in [0.1, 0.15) is 0 Å². The van der Waals surface area contributed by atoms with E-state index in [0.717, 1.165) is 6.42 Å². The first kappa shape index (κ1) is 14.8. The molecule has 2 fully saturated rings. The van der Waals surface area contributed by atoms with Crippen molar-refractivity contribution in [3.8, 4) is 5.75 Å². The summed E-state index contributed by atoms with van der Waals surface area (Å²) in [6, 6.07) is 3.87. The minimum absolute atomic E-state index is 0.0637. The molecule has 1 aromatic carbocycles. The zero-order valence-electron chi connectivity index (χ0n) is 12.4. The molecule has 7 heteroatoms. The molecule has 22 heavy (non-hydrogen) atoms. The summed E-state index contributed by atoms with van der Waals surface area (Å²) in [7, 11) is 0. The van der Waals surface area contributed by atoms with Crippen molar-refractivity contribution < 1.29 is 19.6 Å². The predicted molar refractivity (Wildman–Crippen MR) is 77.6 cm³/mol. The van der Waals surface area contributed by atoms with E-state index in [-0.39, 0.29) is 29.0 Å². The van der Waals surface area contributed by atoms with E-state index < -0.39 is 22.3 Å². The van der Waals surface area contributed by atoms with Crippen LogP contribution in [0.25, 0.3) is 0 Å². The zero-order valence-corrected chi connectivity index (χ0v) is 12.4. The number of carbonyl (C=O) groups is 1. The largest absolute Gasteiger partial charge is 0.502 e. The monoisotopic (exact) mass is 306 g/mol. The van der Waals surface area contributed by atoms with Crippen LogP contribution in [0.5, 0.6) is 5.75 Å². The van der Waals surface area contributed by atoms with Gasteiger partial charge in [-0.05, 0) is 12.5 Å². The van der Waals surface area contributed by atoms with Gasteiger partial charge in [0, 0.05) is 30.0 Å². The molecule has 1 saturated carbocycles. The lowest BCUT2D eigenvalue weighted by atomic mass is 9.57. The molecule has 1 amide bonds. The van der Waals surface area contributed by atoms with Crippen molar-refractivity contribution in [3.63, 3.8) is 0 Å². The molecule has 118 valence electrons. The molecule has 3 atom stereocenters. The van der Waals surface area contributed by atoms with Crippen LogP contribution in [0, 0.1) is 21.4 Å². The molecule has 1 heterocycles. The van der Waals surface area contributed by atoms with Gasteiger partial charge in [0.2, 0.25) is 5.75 Å². The molecule has 2 aliphatic rings. The summed E-state index contributed by atoms with van der Waals surface area (Å²) in [4.78, 5) is 22.5. The topological polar surface area (TPSA) is 102 Å². The quantitative estimate of drug-likeness (QED) is 0.655. The van der Waals surface area contributed by atoms with Crippen molar-refractivity contribution in [1.29, 1.82) is 0 Å². The summed E-state index contributed by atoms with van der Waals surface area (Å²) in [5.74, 6) is -0.828. The maximum Gasteiger partial charge on any atom is 0.311 e. The van der Waals surface area contributed by atoms with Gasteiger partial charge in [-0.3, -0.25) is 14.9 Å². The second-order valence-corrected chi connectivity index (χ2v) is 6.45. The van der Waals surface area contributed by atoms with Crippen LogP contribution >= 0.6 is 0 Å². The van der Waals surface area contributed by atoms with Gasteiger partial charge in [-0.2, -0.15) is 0 Å². The molecule has 2 N–H and O–H groups in total. The standard InChI is InChI=1S/C15H18N2O5/c1-15(2)12(9-6-7-22-13(9)15)16-14(19)8-4-3-5-10(11(8)18)17(20)21/h3-5,9,12-13,18H,6-7H2,1-2H3,(H,16,19). The fourth-order valence-electron chi connectivity index (χ4n) is 3.70. The van der Waals surface area contributed by atoms with Crippen molar-refractivity contribution in [1.82, 2.24) is 5.32 Å². The molecule has 3 rings (SSSR count). The Morgan fingerprint density at radius 2 is 2.23 bits per heavy atom. The van der Waals surface area contributed by atoms with Crippen molar-refractivity contribution in [2.24, 2.45) is 11.3 Å². The smallest absolute Gasteiger partial charge is 0.311 e. The first-order valence-corrected chi connectivity index (χ1v) is 7.23. The van der Waals surface area contributed by atoms with Crippen LogP contribution in [-0.2, 0) is 4.74 Å². The van der Waals surface area contributed by atoms with E-state index in [1.165, 1.54) is 18.2 Å². The lowest BCUT2D eigenvalue weighted by molar-refractivity contribution is -0.385. The molecular formula is C15H18N2O5. The average molecular weight is 306 g/mol. The SMILES string of the molecule is CC1(C)C(NC(=O)c2cccc([N+](=O)[O-])c2O)C2CCOC21. The number of hydrogen-bond acceptors (Lipinski definition) is 5. The molecule has 1 aliphatic heterocycles. The van der Waals surface area contributed by atoms with Gasteiger partial charge in [0.15, 0.2) is 0 Å². The van der Waals surface area contributed by atoms with E-state index in [4.69, 9.17) is 4.74 Å². The Bertz CT molecular complexity index is 643. The number of rotatable bonds is 3. The lowest BCUT2D eigenvalue weighted by Crippen LogP contribution is -2.66. The summed E-state index contributed by atoms with van der Waals surface area (Å²) < 4.78 is 5.67. The second-order valence-electron chi connectivity index (χ2n) is 6.45. The van der Waals surface area contributed by atoms with Crippen LogP contribution in [0.4, 0.5) is 5.69 Å². The number of nitrogens with one attached hydrogen (secondary N) is 1. The number of aromatic hydroxyl groups is 1. The number of nitro groups is 1. The minimum atomic E-state index is -0.708. The fourth-order valence-corrected chi connectivity index (χ4v) is 3.70. The van der Waals surface area contributed by atoms with Crippen LogP contribution in [-0.4, -0.2) is 34.7 Å². The Kier molecular flexibility index (Phi) is 3.32. The van der Waals surface area contributed by atoms with Crippen molar-refractivity contribution in [3.05, 3.63) is 33.9 Å². The van der Waals surface area contributed by atoms with Crippen LogP contribution < -0.4 is 5.32 Å². The highest BCUT2D eigenvalue weighted by Gasteiger charge is 2.59. The molecule has 7 nitrogen and oxygen atoms in total. The summed E-state index contributed by atoms with van der Waals surface area (Å²) in [5, 5.41) is 23.7. The maximum absolute atomic E-state index is 12.4. The molecule has 3 unspecified atom stereocenters. The molecule has 0 bridgehead atoms. The third-order valence-electron chi connectivity index (χ3n) is 4.84. The van der Waals surface area contributed by atoms with Crippen molar-refractivity contribution >= 4 is 11.6 Å². The Labute approximate surface area is 127 Å². The highest BCUT2D eigenvalue weighted by molar-refractivity contribution is 5.98. The number of fused-ring (bicyclic) bond motifs is 1. The highest BCUT2D eigenvalue weighted by atomic mass is 16.6. The van der Waals surface area contributed by atoms with Gasteiger partial charge in [-0.1, -0.05) is 19.9 Å². The number of carbonyl (C=O) groups excluding carboxylic acids is 1. The number of nitrogens with zero attached hydrogens (tertiary/aromatic N) is 1. The van der Waals surface area contributed by atoms with Gasteiger partial charge < -0.3 is 15.2 Å². The molecule has 1 aliphatic carbocycles. The maximum atomic E-state index is 12.4. The van der Waals surface area contributed by atoms with Crippen molar-refractivity contribution in [2.45, 2.75) is 32.4 Å². The van der Waals surface area contributed by atoms with E-state index in [1.807, 2.05) is 13.8 Å². The number of para-hydroxylation sites is 1. The predicted octanol–water partition coefficient (Wildman–Crippen LogP) is 1.84. The van der Waals surface area contributed by atoms with Crippen molar-refractivity contribution in [2.75, 3.05) is 6.61 Å². The number of ether oxygens (including phenoxy) is 1. The summed E-state index contributed by atoms with van der Waals surface area (Å²) in [6.45, 7) is 4.74. The Hall–Kier alpha value is -2.15. The fraction of sp³-hybridized carbons (Fsp3) is 0.533. The molecule has 0 radical (unpaired) electrons. The molecule has 0 aromatic heterocycles. The Morgan fingerprint density at radius 1 is 1.50 bits per heavy atom. The van der Waals surface area contributed by atoms with Gasteiger partial charge in [-0.25, -0.2) is 0 Å². The van der Waals surface area contributed by atoms with E-state index >= 15 is 0 Å². The van der Waals surface area contributed by atoms with Crippen LogP contribution in [0.15, 0.2) is 18.2 Å². The summed E-state index contributed by atoms with van der Waals surface area (Å²) in [6.07, 6.45) is 1.02. The Balaban J connectivity index is 1.81. The third kappa shape index (κ3) is 2.04. The average Bonchev–Trinajstić information content (AvgIpc) is 2.91. The van der Waals surface area contributed by atoms with Crippen LogP contribution in [0.3, 0.4) is 0 Å². The van der Waals surface area contributed by atoms with Gasteiger partial charge >= 0.3 is 5.69 Å². The third-order valence-corrected chi connectivity index (χ3v) is 4.84. The van der Waals surface area contributed by atoms with Crippen LogP contribution in [0.1, 0.15) is 30.6 Å². The van der Waals surface area contributed by atoms with E-state index in [9.17, 15) is 20.0 Å². The van der Waals surface area contributed by atoms with Gasteiger partial charge in [0.25, 0.3) is 5.91 Å². The van der Waals surface area contributed by atoms with E-state index in [1.54, 1.807) is 0 Å². The summed E-state index contributed by atoms with van der Waals surface area (Å²) >= 11 is 0. The second kappa shape index (κ2) is 4.95. The zero-order chi connectivity index (χ0) is 16.1. The number of benzene rings is 1. The molecule has 1 aromatic rings. The normalized spacial score (nSPS) is 28.5. The lowest BCUT2D eigenvalue weighted by Gasteiger charge is -2.54. The molecule has 1 saturated heterocycles. The van der Waals surface area contributed by atoms with Crippen LogP contribution in [0.2, 0.25) is 0 Å². The minimum Gasteiger partial charge on any atom is -0.502 e. The first-order chi connectivity index (χ1) is 10.3. The molecule has 0 spiro atoms. The number of amides is 1. The van der Waals surface area contributed by atoms with Gasteiger partial charge in [-0.15, -0.1) is 0 Å². The Morgan fingerprint density at radius 3 is 2.91 bits per heavy atom. The van der Waals surface area contributed by atoms with Gasteiger partial charge in [0.05, 0.1) is 16.6 Å². The van der Waals surface area contributed by atoms with E-state index in [2.05, 4.69) is 5.32 Å². The summed E-state index contributed by atoms with van der Waals surface area (Å²) in [5.41, 5.74) is -0.734. The highest BCUT2D eigenvalue weighted by Crippen LogP contribution is 2.52. The molecular weight excluding hydrogens is 288 g/mol. The first-order valence-electron chi connectivity index (χ1n) is 7.23. The number of hydrogen-bond donors (Lipinski definition) is 2. The number of phenols is 1. The number of nitro benzene ring substituents is 1. The number of phenolic OH excluding ortho intramolecular Hbond substituents is 1. The van der Waals surface area contributed by atoms with E-state index in [0.29, 0.717) is 6.61 Å².